The summed E-state index contributed by atoms with van der Waals surface area (Å²) < 4.78 is 0. The number of rotatable bonds is 2. The zero-order valence-electron chi connectivity index (χ0n) is 17.0. The quantitative estimate of drug-likeness (QED) is 0.733. The van der Waals surface area contributed by atoms with Crippen LogP contribution in [-0.2, 0) is 21.5 Å². The third-order valence-corrected chi connectivity index (χ3v) is 6.71. The third kappa shape index (κ3) is 2.40. The van der Waals surface area contributed by atoms with E-state index in [9.17, 15) is 9.59 Å². The van der Waals surface area contributed by atoms with Crippen LogP contribution in [0.3, 0.4) is 0 Å². The Labute approximate surface area is 170 Å². The molecule has 0 radical (unpaired) electrons. The molecule has 2 aliphatic heterocycles. The predicted molar refractivity (Wildman–Crippen MR) is 113 cm³/mol. The normalized spacial score (nSPS) is 24.0. The number of hydrogen-bond donors (Lipinski definition) is 1. The van der Waals surface area contributed by atoms with Crippen molar-refractivity contribution < 1.29 is 9.59 Å². The lowest BCUT2D eigenvalue weighted by molar-refractivity contribution is -0.164. The highest BCUT2D eigenvalue weighted by Crippen LogP contribution is 2.47. The van der Waals surface area contributed by atoms with Crippen LogP contribution >= 0.6 is 0 Å². The Balaban J connectivity index is 1.77. The number of nitrogens with zero attached hydrogens (tertiary/aromatic N) is 2. The second-order valence-corrected chi connectivity index (χ2v) is 8.34. The number of hydrogen-bond acceptors (Lipinski definition) is 2. The molecule has 0 unspecified atom stereocenters. The van der Waals surface area contributed by atoms with Crippen molar-refractivity contribution in [3.05, 3.63) is 70.9 Å². The summed E-state index contributed by atoms with van der Waals surface area (Å²) in [6.45, 7) is 4.67. The summed E-state index contributed by atoms with van der Waals surface area (Å²) in [6.07, 6.45) is 0.993. The van der Waals surface area contributed by atoms with E-state index in [0.717, 1.165) is 28.6 Å². The molecule has 2 atom stereocenters. The van der Waals surface area contributed by atoms with Gasteiger partial charge in [0.1, 0.15) is 0 Å². The van der Waals surface area contributed by atoms with E-state index in [1.54, 1.807) is 16.8 Å². The van der Waals surface area contributed by atoms with Gasteiger partial charge in [-0.25, -0.2) is 0 Å². The van der Waals surface area contributed by atoms with Gasteiger partial charge < -0.3 is 14.8 Å². The second kappa shape index (κ2) is 6.21. The summed E-state index contributed by atoms with van der Waals surface area (Å²) in [4.78, 5) is 33.2. The molecule has 0 bridgehead atoms. The zero-order chi connectivity index (χ0) is 20.3. The Morgan fingerprint density at radius 3 is 2.55 bits per heavy atom. The van der Waals surface area contributed by atoms with Gasteiger partial charge in [-0.2, -0.15) is 0 Å². The van der Waals surface area contributed by atoms with Gasteiger partial charge in [0.15, 0.2) is 5.54 Å². The number of nitrogens with one attached hydrogen (secondary N) is 1. The van der Waals surface area contributed by atoms with Crippen LogP contribution in [0.5, 0.6) is 0 Å². The number of likely N-dealkylation sites (N-methyl/N-ethyl adjacent to an activating group) is 1. The Morgan fingerprint density at radius 1 is 1.10 bits per heavy atom. The monoisotopic (exact) mass is 387 g/mol. The van der Waals surface area contributed by atoms with E-state index in [1.807, 2.05) is 25.1 Å². The molecular weight excluding hydrogens is 362 g/mol. The number of aromatic nitrogens is 1. The van der Waals surface area contributed by atoms with E-state index in [0.29, 0.717) is 6.54 Å². The van der Waals surface area contributed by atoms with E-state index in [-0.39, 0.29) is 24.3 Å². The summed E-state index contributed by atoms with van der Waals surface area (Å²) in [6, 6.07) is 16.8. The minimum atomic E-state index is -1.00. The summed E-state index contributed by atoms with van der Waals surface area (Å²) >= 11 is 0. The number of H-pyrrole nitrogens is 1. The molecule has 1 saturated heterocycles. The van der Waals surface area contributed by atoms with Crippen LogP contribution in [0.25, 0.3) is 10.9 Å². The maximum atomic E-state index is 13.3. The first-order valence-electron chi connectivity index (χ1n) is 10.2. The van der Waals surface area contributed by atoms with Gasteiger partial charge in [0.05, 0.1) is 12.2 Å². The Hall–Kier alpha value is -3.08. The van der Waals surface area contributed by atoms with Gasteiger partial charge in [0.2, 0.25) is 5.91 Å². The Kier molecular flexibility index (Phi) is 3.85. The Bertz CT molecular complexity index is 1130. The predicted octanol–water partition coefficient (Wildman–Crippen LogP) is 3.39. The fourth-order valence-corrected chi connectivity index (χ4v) is 5.06. The average Bonchev–Trinajstić information content (AvgIpc) is 3.13. The average molecular weight is 387 g/mol. The SMILES string of the molecule is CCc1ccc([C@H]2CN3C(=O)CN(C)C(=O)[C@]3(C)c3[nH]c4ccccc4c32)cc1. The van der Waals surface area contributed by atoms with Crippen LogP contribution in [0.1, 0.15) is 42.1 Å². The molecule has 3 aromatic rings. The molecule has 1 N–H and O–H groups in total. The van der Waals surface area contributed by atoms with Gasteiger partial charge >= 0.3 is 0 Å². The zero-order valence-corrected chi connectivity index (χ0v) is 17.0. The minimum Gasteiger partial charge on any atom is -0.356 e. The molecule has 5 heteroatoms. The van der Waals surface area contributed by atoms with E-state index in [1.165, 1.54) is 11.1 Å². The summed E-state index contributed by atoms with van der Waals surface area (Å²) in [5.74, 6) is -0.0148. The number of aromatic amines is 1. The topological polar surface area (TPSA) is 56.4 Å². The van der Waals surface area contributed by atoms with Crippen molar-refractivity contribution in [2.45, 2.75) is 31.7 Å². The minimum absolute atomic E-state index is 0.00548. The van der Waals surface area contributed by atoms with Crippen molar-refractivity contribution in [2.75, 3.05) is 20.1 Å². The molecular formula is C24H25N3O2. The van der Waals surface area contributed by atoms with Gasteiger partial charge in [-0.05, 0) is 36.1 Å². The smallest absolute Gasteiger partial charge is 0.254 e. The van der Waals surface area contributed by atoms with Gasteiger partial charge in [-0.3, -0.25) is 9.59 Å². The molecule has 2 aliphatic rings. The van der Waals surface area contributed by atoms with Gasteiger partial charge in [0.25, 0.3) is 5.91 Å². The van der Waals surface area contributed by atoms with Crippen LogP contribution in [0.15, 0.2) is 48.5 Å². The van der Waals surface area contributed by atoms with Crippen molar-refractivity contribution in [3.8, 4) is 0 Å². The standard InChI is InChI=1S/C24H25N3O2/c1-4-15-9-11-16(12-10-15)18-13-27-20(28)14-26(3)23(29)24(27,2)22-21(18)17-7-5-6-8-19(17)25-22/h5-12,18,25H,4,13-14H2,1-3H3/t18-,24+/m1/s1. The molecule has 2 amide bonds. The lowest BCUT2D eigenvalue weighted by Gasteiger charge is -2.50. The third-order valence-electron chi connectivity index (χ3n) is 6.71. The van der Waals surface area contributed by atoms with E-state index in [4.69, 9.17) is 0 Å². The molecule has 3 heterocycles. The fourth-order valence-electron chi connectivity index (χ4n) is 5.06. The number of para-hydroxylation sites is 1. The highest BCUT2D eigenvalue weighted by molar-refractivity contribution is 6.01. The molecule has 1 fully saturated rings. The first-order valence-corrected chi connectivity index (χ1v) is 10.2. The van der Waals surface area contributed by atoms with Crippen LogP contribution < -0.4 is 0 Å². The van der Waals surface area contributed by atoms with Gasteiger partial charge in [-0.15, -0.1) is 0 Å². The first kappa shape index (κ1) is 18.0. The molecule has 5 rings (SSSR count). The molecule has 0 spiro atoms. The number of carbonyl (C=O) groups excluding carboxylic acids is 2. The number of amides is 2. The van der Waals surface area contributed by atoms with Crippen molar-refractivity contribution in [3.63, 3.8) is 0 Å². The summed E-state index contributed by atoms with van der Waals surface area (Å²) in [5.41, 5.74) is 4.45. The molecule has 1 aromatic heterocycles. The van der Waals surface area contributed by atoms with Crippen molar-refractivity contribution >= 4 is 22.7 Å². The number of piperazine rings is 1. The Morgan fingerprint density at radius 2 is 1.83 bits per heavy atom. The second-order valence-electron chi connectivity index (χ2n) is 8.34. The molecule has 148 valence electrons. The highest BCUT2D eigenvalue weighted by atomic mass is 16.2. The first-order chi connectivity index (χ1) is 13.9. The number of aryl methyl sites for hydroxylation is 1. The van der Waals surface area contributed by atoms with Crippen LogP contribution in [0, 0.1) is 0 Å². The van der Waals surface area contributed by atoms with Crippen molar-refractivity contribution in [2.24, 2.45) is 0 Å². The summed E-state index contributed by atoms with van der Waals surface area (Å²) in [5, 5.41) is 1.13. The van der Waals surface area contributed by atoms with Crippen LogP contribution in [0.2, 0.25) is 0 Å². The van der Waals surface area contributed by atoms with E-state index < -0.39 is 5.54 Å². The molecule has 0 saturated carbocycles. The molecule has 2 aromatic carbocycles. The van der Waals surface area contributed by atoms with E-state index in [2.05, 4.69) is 42.2 Å². The van der Waals surface area contributed by atoms with Crippen LogP contribution in [-0.4, -0.2) is 46.7 Å². The van der Waals surface area contributed by atoms with Crippen molar-refractivity contribution in [1.82, 2.24) is 14.8 Å². The molecule has 0 aliphatic carbocycles. The lowest BCUT2D eigenvalue weighted by atomic mass is 9.76. The highest BCUT2D eigenvalue weighted by Gasteiger charge is 2.55. The number of benzene rings is 2. The van der Waals surface area contributed by atoms with Gasteiger partial charge in [0, 0.05) is 30.4 Å². The van der Waals surface area contributed by atoms with Gasteiger partial charge in [-0.1, -0.05) is 49.4 Å². The molecule has 29 heavy (non-hydrogen) atoms. The maximum Gasteiger partial charge on any atom is 0.254 e. The lowest BCUT2D eigenvalue weighted by Crippen LogP contribution is -2.66. The fraction of sp³-hybridized carbons (Fsp3) is 0.333. The van der Waals surface area contributed by atoms with E-state index >= 15 is 0 Å². The number of fused-ring (bicyclic) bond motifs is 5. The largest absolute Gasteiger partial charge is 0.356 e. The number of carbonyl (C=O) groups is 2. The maximum absolute atomic E-state index is 13.3. The molecule has 5 nitrogen and oxygen atoms in total. The van der Waals surface area contributed by atoms with Crippen LogP contribution in [0.4, 0.5) is 0 Å². The summed E-state index contributed by atoms with van der Waals surface area (Å²) in [7, 11) is 1.71. The van der Waals surface area contributed by atoms with Crippen molar-refractivity contribution in [1.29, 1.82) is 0 Å².